The molecular formula is C10H19N3O2. The van der Waals surface area contributed by atoms with Crippen molar-refractivity contribution in [2.75, 3.05) is 20.1 Å². The SMILES string of the molecule is C[C@@H]1NC(=O)[C@H](C)N(C)CCCNC1=O. The van der Waals surface area contributed by atoms with E-state index in [0.717, 1.165) is 13.0 Å². The van der Waals surface area contributed by atoms with Crippen LogP contribution in [0, 0.1) is 0 Å². The number of likely N-dealkylation sites (N-methyl/N-ethyl adjacent to an activating group) is 1. The van der Waals surface area contributed by atoms with Gasteiger partial charge in [0.15, 0.2) is 0 Å². The second-order valence-corrected chi connectivity index (χ2v) is 4.03. The number of nitrogens with one attached hydrogen (secondary N) is 2. The van der Waals surface area contributed by atoms with E-state index in [1.807, 2.05) is 18.9 Å². The van der Waals surface area contributed by atoms with Crippen molar-refractivity contribution in [3.8, 4) is 0 Å². The first-order valence-corrected chi connectivity index (χ1v) is 5.30. The first-order valence-electron chi connectivity index (χ1n) is 5.30. The van der Waals surface area contributed by atoms with Crippen molar-refractivity contribution in [2.45, 2.75) is 32.4 Å². The molecule has 0 radical (unpaired) electrons. The van der Waals surface area contributed by atoms with Crippen LogP contribution in [0.15, 0.2) is 0 Å². The highest BCUT2D eigenvalue weighted by Crippen LogP contribution is 1.99. The van der Waals surface area contributed by atoms with E-state index < -0.39 is 6.04 Å². The fraction of sp³-hybridized carbons (Fsp3) is 0.800. The minimum Gasteiger partial charge on any atom is -0.354 e. The van der Waals surface area contributed by atoms with Crippen LogP contribution in [-0.2, 0) is 9.59 Å². The van der Waals surface area contributed by atoms with Gasteiger partial charge in [-0.1, -0.05) is 0 Å². The van der Waals surface area contributed by atoms with Gasteiger partial charge in [0.2, 0.25) is 11.8 Å². The molecule has 5 nitrogen and oxygen atoms in total. The molecule has 1 saturated heterocycles. The molecule has 0 unspecified atom stereocenters. The second-order valence-electron chi connectivity index (χ2n) is 4.03. The molecule has 0 spiro atoms. The van der Waals surface area contributed by atoms with E-state index in [9.17, 15) is 9.59 Å². The van der Waals surface area contributed by atoms with Crippen LogP contribution in [-0.4, -0.2) is 48.9 Å². The lowest BCUT2D eigenvalue weighted by Crippen LogP contribution is -2.52. The molecule has 2 amide bonds. The van der Waals surface area contributed by atoms with Crippen LogP contribution in [0.3, 0.4) is 0 Å². The molecule has 86 valence electrons. The summed E-state index contributed by atoms with van der Waals surface area (Å²) >= 11 is 0. The Bertz CT molecular complexity index is 255. The minimum absolute atomic E-state index is 0.0953. The largest absolute Gasteiger partial charge is 0.354 e. The maximum absolute atomic E-state index is 11.7. The first kappa shape index (κ1) is 12.0. The third kappa shape index (κ3) is 3.20. The predicted octanol–water partition coefficient (Wildman–Crippen LogP) is -0.669. The maximum Gasteiger partial charge on any atom is 0.242 e. The van der Waals surface area contributed by atoms with E-state index >= 15 is 0 Å². The van der Waals surface area contributed by atoms with Gasteiger partial charge in [-0.25, -0.2) is 0 Å². The van der Waals surface area contributed by atoms with Crippen LogP contribution in [0.2, 0.25) is 0 Å². The molecule has 1 aliphatic rings. The first-order chi connectivity index (χ1) is 7.02. The van der Waals surface area contributed by atoms with Crippen molar-refractivity contribution in [3.05, 3.63) is 0 Å². The van der Waals surface area contributed by atoms with Crippen molar-refractivity contribution >= 4 is 11.8 Å². The maximum atomic E-state index is 11.7. The highest BCUT2D eigenvalue weighted by atomic mass is 16.2. The van der Waals surface area contributed by atoms with E-state index in [1.165, 1.54) is 0 Å². The predicted molar refractivity (Wildman–Crippen MR) is 57.3 cm³/mol. The number of rotatable bonds is 0. The van der Waals surface area contributed by atoms with Gasteiger partial charge < -0.3 is 10.6 Å². The summed E-state index contributed by atoms with van der Waals surface area (Å²) in [4.78, 5) is 25.1. The van der Waals surface area contributed by atoms with Gasteiger partial charge in [-0.05, 0) is 27.3 Å². The standard InChI is InChI=1S/C10H19N3O2/c1-7-9(14)11-5-4-6-13(3)8(2)10(15)12-7/h7-8H,4-6H2,1-3H3,(H,11,14)(H,12,15)/t7-,8-/m0/s1. The molecule has 0 bridgehead atoms. The summed E-state index contributed by atoms with van der Waals surface area (Å²) in [5.74, 6) is -0.206. The lowest BCUT2D eigenvalue weighted by Gasteiger charge is -2.27. The van der Waals surface area contributed by atoms with Crippen LogP contribution in [0.5, 0.6) is 0 Å². The molecule has 1 fully saturated rings. The number of carbonyl (C=O) groups excluding carboxylic acids is 2. The van der Waals surface area contributed by atoms with E-state index in [2.05, 4.69) is 10.6 Å². The summed E-state index contributed by atoms with van der Waals surface area (Å²) in [7, 11) is 1.92. The molecule has 2 atom stereocenters. The smallest absolute Gasteiger partial charge is 0.242 e. The number of amides is 2. The highest BCUT2D eigenvalue weighted by Gasteiger charge is 2.23. The number of nitrogens with zero attached hydrogens (tertiary/aromatic N) is 1. The molecule has 0 aliphatic carbocycles. The average molecular weight is 213 g/mol. The van der Waals surface area contributed by atoms with E-state index in [-0.39, 0.29) is 17.9 Å². The summed E-state index contributed by atoms with van der Waals surface area (Å²) in [6, 6.07) is -0.634. The third-order valence-electron chi connectivity index (χ3n) is 2.78. The Morgan fingerprint density at radius 3 is 2.60 bits per heavy atom. The highest BCUT2D eigenvalue weighted by molar-refractivity contribution is 5.89. The van der Waals surface area contributed by atoms with E-state index in [1.54, 1.807) is 6.92 Å². The van der Waals surface area contributed by atoms with Gasteiger partial charge in [-0.3, -0.25) is 14.5 Å². The van der Waals surface area contributed by atoms with Crippen LogP contribution in [0.4, 0.5) is 0 Å². The Kier molecular flexibility index (Phi) is 4.08. The zero-order chi connectivity index (χ0) is 11.4. The van der Waals surface area contributed by atoms with Crippen molar-refractivity contribution in [3.63, 3.8) is 0 Å². The topological polar surface area (TPSA) is 61.4 Å². The van der Waals surface area contributed by atoms with Gasteiger partial charge in [0.1, 0.15) is 6.04 Å². The molecule has 1 aliphatic heterocycles. The van der Waals surface area contributed by atoms with E-state index in [0.29, 0.717) is 6.54 Å². The molecule has 0 aromatic rings. The zero-order valence-electron chi connectivity index (χ0n) is 9.54. The Morgan fingerprint density at radius 1 is 1.27 bits per heavy atom. The quantitative estimate of drug-likeness (QED) is 0.561. The van der Waals surface area contributed by atoms with Crippen molar-refractivity contribution in [1.29, 1.82) is 0 Å². The van der Waals surface area contributed by atoms with Crippen LogP contribution in [0.25, 0.3) is 0 Å². The summed E-state index contributed by atoms with van der Waals surface area (Å²) in [6.45, 7) is 5.02. The van der Waals surface area contributed by atoms with Crippen molar-refractivity contribution < 1.29 is 9.59 Å². The van der Waals surface area contributed by atoms with Crippen LogP contribution >= 0.6 is 0 Å². The van der Waals surface area contributed by atoms with Gasteiger partial charge in [-0.15, -0.1) is 0 Å². The molecule has 5 heteroatoms. The number of hydrogen-bond acceptors (Lipinski definition) is 3. The van der Waals surface area contributed by atoms with Crippen LogP contribution < -0.4 is 10.6 Å². The number of hydrogen-bond donors (Lipinski definition) is 2. The molecular weight excluding hydrogens is 194 g/mol. The Balaban J connectivity index is 2.67. The molecule has 0 aromatic heterocycles. The lowest BCUT2D eigenvalue weighted by molar-refractivity contribution is -0.131. The minimum atomic E-state index is -0.452. The van der Waals surface area contributed by atoms with Crippen molar-refractivity contribution in [2.24, 2.45) is 0 Å². The average Bonchev–Trinajstić information content (AvgIpc) is 2.21. The fourth-order valence-electron chi connectivity index (χ4n) is 1.49. The van der Waals surface area contributed by atoms with Gasteiger partial charge in [-0.2, -0.15) is 0 Å². The third-order valence-corrected chi connectivity index (χ3v) is 2.78. The van der Waals surface area contributed by atoms with Gasteiger partial charge in [0.05, 0.1) is 6.04 Å². The molecule has 15 heavy (non-hydrogen) atoms. The monoisotopic (exact) mass is 213 g/mol. The summed E-state index contributed by atoms with van der Waals surface area (Å²) in [5, 5.41) is 5.46. The Morgan fingerprint density at radius 2 is 1.93 bits per heavy atom. The van der Waals surface area contributed by atoms with Gasteiger partial charge >= 0.3 is 0 Å². The summed E-state index contributed by atoms with van der Waals surface area (Å²) < 4.78 is 0. The number of carbonyl (C=O) groups is 2. The Hall–Kier alpha value is -1.10. The summed E-state index contributed by atoms with van der Waals surface area (Å²) in [5.41, 5.74) is 0. The summed E-state index contributed by atoms with van der Waals surface area (Å²) in [6.07, 6.45) is 0.868. The van der Waals surface area contributed by atoms with Crippen LogP contribution in [0.1, 0.15) is 20.3 Å². The fourth-order valence-corrected chi connectivity index (χ4v) is 1.49. The lowest BCUT2D eigenvalue weighted by atomic mass is 10.2. The second kappa shape index (κ2) is 5.11. The molecule has 1 heterocycles. The van der Waals surface area contributed by atoms with E-state index in [4.69, 9.17) is 0 Å². The molecule has 1 rings (SSSR count). The zero-order valence-corrected chi connectivity index (χ0v) is 9.54. The Labute approximate surface area is 90.2 Å². The normalized spacial score (nSPS) is 30.6. The van der Waals surface area contributed by atoms with Crippen molar-refractivity contribution in [1.82, 2.24) is 15.5 Å². The van der Waals surface area contributed by atoms with Gasteiger partial charge in [0.25, 0.3) is 0 Å². The van der Waals surface area contributed by atoms with Gasteiger partial charge in [0, 0.05) is 13.1 Å². The molecule has 0 saturated carbocycles. The molecule has 2 N–H and O–H groups in total. The molecule has 0 aromatic carbocycles.